The van der Waals surface area contributed by atoms with Crippen LogP contribution in [-0.2, 0) is 16.5 Å². The molecule has 0 amide bonds. The molecule has 1 fully saturated rings. The lowest BCUT2D eigenvalue weighted by atomic mass is 9.88. The summed E-state index contributed by atoms with van der Waals surface area (Å²) in [7, 11) is -6.03. The number of halogens is 9. The molecule has 0 radical (unpaired) electrons. The van der Waals surface area contributed by atoms with Crippen LogP contribution in [0, 0.1) is 11.6 Å². The summed E-state index contributed by atoms with van der Waals surface area (Å²) >= 11 is 0. The fourth-order valence-corrected chi connectivity index (χ4v) is 6.12. The number of nitrogens with one attached hydrogen (secondary N) is 1. The largest absolute Gasteiger partial charge is 0.534 e. The van der Waals surface area contributed by atoms with Crippen molar-refractivity contribution < 1.29 is 56.5 Å². The molecule has 1 aromatic heterocycles. The van der Waals surface area contributed by atoms with Gasteiger partial charge in [0.05, 0.1) is 19.3 Å². The number of anilines is 1. The van der Waals surface area contributed by atoms with Crippen molar-refractivity contribution >= 4 is 26.8 Å². The van der Waals surface area contributed by atoms with Crippen molar-refractivity contribution in [3.05, 3.63) is 58.9 Å². The maximum Gasteiger partial charge on any atom is 0.534 e. The molecule has 1 N–H and O–H groups in total. The van der Waals surface area contributed by atoms with Crippen molar-refractivity contribution in [1.82, 2.24) is 9.80 Å². The molecule has 1 saturated heterocycles. The third-order valence-electron chi connectivity index (χ3n) is 7.58. The molecule has 44 heavy (non-hydrogen) atoms. The minimum Gasteiger partial charge on any atom is -0.459 e. The molecule has 0 aliphatic carbocycles. The Hall–Kier alpha value is -3.18. The molecule has 0 saturated carbocycles. The Bertz CT molecular complexity index is 1610. The third-order valence-corrected chi connectivity index (χ3v) is 8.56. The number of benzene rings is 2. The van der Waals surface area contributed by atoms with Crippen LogP contribution < -0.4 is 9.50 Å². The SMILES string of the molecule is CC1Cc2c(oc3ccc(OS(=O)(=O)C(F)(F)F)cc23)C(c2c(F)cc(NC3CN(CCCF)C3)cc2F)N1CC(F)(F)F. The zero-order valence-corrected chi connectivity index (χ0v) is 23.7. The van der Waals surface area contributed by atoms with E-state index in [4.69, 9.17) is 4.42 Å². The van der Waals surface area contributed by atoms with E-state index in [1.165, 1.54) is 6.92 Å². The van der Waals surface area contributed by atoms with Crippen LogP contribution in [0.25, 0.3) is 11.0 Å². The molecule has 2 atom stereocenters. The van der Waals surface area contributed by atoms with E-state index in [-0.39, 0.29) is 40.4 Å². The minimum absolute atomic E-state index is 0.0137. The van der Waals surface area contributed by atoms with E-state index < -0.39 is 70.1 Å². The first-order valence-corrected chi connectivity index (χ1v) is 14.8. The van der Waals surface area contributed by atoms with Crippen LogP contribution in [0.2, 0.25) is 0 Å². The van der Waals surface area contributed by atoms with E-state index in [2.05, 4.69) is 9.50 Å². The highest BCUT2D eigenvalue weighted by atomic mass is 32.2. The lowest BCUT2D eigenvalue weighted by Gasteiger charge is -2.41. The lowest BCUT2D eigenvalue weighted by molar-refractivity contribution is -0.156. The van der Waals surface area contributed by atoms with Crippen LogP contribution in [0.1, 0.15) is 36.3 Å². The number of fused-ring (bicyclic) bond motifs is 3. The summed E-state index contributed by atoms with van der Waals surface area (Å²) in [5, 5.41) is 2.97. The van der Waals surface area contributed by atoms with Gasteiger partial charge in [-0.2, -0.15) is 34.8 Å². The summed E-state index contributed by atoms with van der Waals surface area (Å²) in [4.78, 5) is 2.76. The summed E-state index contributed by atoms with van der Waals surface area (Å²) in [6.07, 6.45) is -4.60. The molecule has 2 unspecified atom stereocenters. The Labute approximate surface area is 245 Å². The standard InChI is InChI=1S/C27H26F9N3O4S/c1-14-7-19-18-10-17(43-44(40,41)27(34,35)36)3-4-22(18)42-25(19)24(39(14)13-26(31,32)33)23-20(29)8-15(9-21(23)30)37-16-11-38(12-16)6-2-5-28/h3-4,8-10,14,16,24,37H,2,5-7,11-13H2,1H3. The Morgan fingerprint density at radius 3 is 2.30 bits per heavy atom. The van der Waals surface area contributed by atoms with Crippen LogP contribution in [0.5, 0.6) is 5.75 Å². The van der Waals surface area contributed by atoms with Gasteiger partial charge in [-0.15, -0.1) is 0 Å². The monoisotopic (exact) mass is 659 g/mol. The van der Waals surface area contributed by atoms with Crippen molar-refractivity contribution in [3.63, 3.8) is 0 Å². The molecule has 3 heterocycles. The van der Waals surface area contributed by atoms with Gasteiger partial charge in [0.25, 0.3) is 0 Å². The Morgan fingerprint density at radius 1 is 1.05 bits per heavy atom. The average molecular weight is 660 g/mol. The maximum atomic E-state index is 15.7. The molecule has 2 aliphatic rings. The molecule has 2 aromatic carbocycles. The van der Waals surface area contributed by atoms with Crippen molar-refractivity contribution in [2.75, 3.05) is 38.2 Å². The second kappa shape index (κ2) is 11.6. The molecular weight excluding hydrogens is 633 g/mol. The second-order valence-electron chi connectivity index (χ2n) is 10.8. The van der Waals surface area contributed by atoms with Gasteiger partial charge in [0.1, 0.15) is 34.8 Å². The molecule has 2 aliphatic heterocycles. The summed E-state index contributed by atoms with van der Waals surface area (Å²) in [5.74, 6) is -3.36. The predicted molar refractivity (Wildman–Crippen MR) is 140 cm³/mol. The Morgan fingerprint density at radius 2 is 1.70 bits per heavy atom. The summed E-state index contributed by atoms with van der Waals surface area (Å²) in [6.45, 7) is 0.872. The van der Waals surface area contributed by atoms with Crippen molar-refractivity contribution in [3.8, 4) is 5.75 Å². The van der Waals surface area contributed by atoms with E-state index in [1.807, 2.05) is 4.90 Å². The molecule has 0 bridgehead atoms. The smallest absolute Gasteiger partial charge is 0.459 e. The first kappa shape index (κ1) is 32.2. The maximum absolute atomic E-state index is 15.7. The van der Waals surface area contributed by atoms with Gasteiger partial charge >= 0.3 is 21.8 Å². The third kappa shape index (κ3) is 6.44. The van der Waals surface area contributed by atoms with Gasteiger partial charge < -0.3 is 13.9 Å². The van der Waals surface area contributed by atoms with E-state index in [9.17, 15) is 39.2 Å². The quantitative estimate of drug-likeness (QED) is 0.164. The number of rotatable bonds is 9. The fraction of sp³-hybridized carbons (Fsp3) is 0.481. The van der Waals surface area contributed by atoms with Gasteiger partial charge in [-0.3, -0.25) is 14.2 Å². The Kier molecular flexibility index (Phi) is 8.52. The lowest BCUT2D eigenvalue weighted by Crippen LogP contribution is -2.54. The molecule has 17 heteroatoms. The minimum atomic E-state index is -6.03. The molecule has 3 aromatic rings. The summed E-state index contributed by atoms with van der Waals surface area (Å²) < 4.78 is 156. The normalized spacial score (nSPS) is 20.5. The van der Waals surface area contributed by atoms with Crippen LogP contribution in [-0.4, -0.2) is 74.8 Å². The first-order valence-electron chi connectivity index (χ1n) is 13.4. The molecule has 5 rings (SSSR count). The van der Waals surface area contributed by atoms with E-state index in [1.54, 1.807) is 0 Å². The van der Waals surface area contributed by atoms with Crippen molar-refractivity contribution in [2.24, 2.45) is 0 Å². The number of likely N-dealkylation sites (tertiary alicyclic amines) is 1. The van der Waals surface area contributed by atoms with Crippen molar-refractivity contribution in [2.45, 2.75) is 49.6 Å². The van der Waals surface area contributed by atoms with Crippen LogP contribution in [0.4, 0.5) is 45.2 Å². The van der Waals surface area contributed by atoms with E-state index in [0.29, 0.717) is 26.1 Å². The highest BCUT2D eigenvalue weighted by Crippen LogP contribution is 2.46. The number of alkyl halides is 7. The number of furan rings is 1. The summed E-state index contributed by atoms with van der Waals surface area (Å²) in [6, 6.07) is 1.80. The Balaban J connectivity index is 1.53. The van der Waals surface area contributed by atoms with Gasteiger partial charge in [0, 0.05) is 47.9 Å². The van der Waals surface area contributed by atoms with Gasteiger partial charge in [0.2, 0.25) is 0 Å². The summed E-state index contributed by atoms with van der Waals surface area (Å²) in [5.41, 5.74) is -6.35. The zero-order valence-electron chi connectivity index (χ0n) is 22.9. The highest BCUT2D eigenvalue weighted by Gasteiger charge is 2.49. The molecule has 0 spiro atoms. The molecular formula is C27H26F9N3O4S. The zero-order chi connectivity index (χ0) is 32.2. The van der Waals surface area contributed by atoms with Gasteiger partial charge in [-0.1, -0.05) is 0 Å². The number of hydrogen-bond donors (Lipinski definition) is 1. The van der Waals surface area contributed by atoms with Crippen LogP contribution in [0.3, 0.4) is 0 Å². The number of nitrogens with zero attached hydrogens (tertiary/aromatic N) is 2. The van der Waals surface area contributed by atoms with E-state index in [0.717, 1.165) is 35.2 Å². The topological polar surface area (TPSA) is 75.0 Å². The fourth-order valence-electron chi connectivity index (χ4n) is 5.66. The molecule has 7 nitrogen and oxygen atoms in total. The number of hydrogen-bond acceptors (Lipinski definition) is 7. The molecule has 242 valence electrons. The predicted octanol–water partition coefficient (Wildman–Crippen LogP) is 6.29. The van der Waals surface area contributed by atoms with Gasteiger partial charge in [0.15, 0.2) is 0 Å². The second-order valence-corrected chi connectivity index (χ2v) is 12.4. The van der Waals surface area contributed by atoms with Gasteiger partial charge in [-0.05, 0) is 50.1 Å². The van der Waals surface area contributed by atoms with Crippen molar-refractivity contribution in [1.29, 1.82) is 0 Å². The van der Waals surface area contributed by atoms with E-state index >= 15 is 8.78 Å². The van der Waals surface area contributed by atoms with Gasteiger partial charge in [-0.25, -0.2) is 8.78 Å². The first-order chi connectivity index (χ1) is 20.5. The van der Waals surface area contributed by atoms with Crippen LogP contribution in [0.15, 0.2) is 34.7 Å². The van der Waals surface area contributed by atoms with Crippen LogP contribution >= 0.6 is 0 Å². The highest BCUT2D eigenvalue weighted by molar-refractivity contribution is 7.88. The average Bonchev–Trinajstić information content (AvgIpc) is 3.22.